The smallest absolute Gasteiger partial charge is 0.337 e. The summed E-state index contributed by atoms with van der Waals surface area (Å²) in [6, 6.07) is -0.351. The molecule has 0 saturated heterocycles. The van der Waals surface area contributed by atoms with Crippen molar-refractivity contribution in [2.75, 3.05) is 27.3 Å². The van der Waals surface area contributed by atoms with Crippen molar-refractivity contribution in [3.8, 4) is 0 Å². The molecule has 0 aliphatic rings. The minimum Gasteiger partial charge on any atom is -0.461 e. The van der Waals surface area contributed by atoms with E-state index in [9.17, 15) is 14.4 Å². The van der Waals surface area contributed by atoms with Crippen molar-refractivity contribution < 1.29 is 28.6 Å². The molecule has 1 N–H and O–H groups in total. The number of rotatable bonds is 11. The lowest BCUT2D eigenvalue weighted by Crippen LogP contribution is -2.41. The highest BCUT2D eigenvalue weighted by Crippen LogP contribution is 2.15. The first-order valence-corrected chi connectivity index (χ1v) is 8.16. The van der Waals surface area contributed by atoms with Crippen LogP contribution in [0.15, 0.2) is 12.3 Å². The van der Waals surface area contributed by atoms with E-state index in [1.807, 2.05) is 13.8 Å². The van der Waals surface area contributed by atoms with E-state index in [4.69, 9.17) is 14.2 Å². The Hall–Kier alpha value is -1.93. The van der Waals surface area contributed by atoms with Crippen LogP contribution in [0.2, 0.25) is 0 Å². The Kier molecular flexibility index (Phi) is 10.7. The molecule has 0 rings (SSSR count). The molecule has 1 unspecified atom stereocenters. The zero-order valence-corrected chi connectivity index (χ0v) is 15.9. The average Bonchev–Trinajstić information content (AvgIpc) is 2.55. The lowest BCUT2D eigenvalue weighted by molar-refractivity contribution is -0.176. The molecule has 25 heavy (non-hydrogen) atoms. The average molecular weight is 358 g/mol. The van der Waals surface area contributed by atoms with Gasteiger partial charge in [0.25, 0.3) is 0 Å². The number of methoxy groups -OCH3 is 1. The van der Waals surface area contributed by atoms with Crippen LogP contribution in [0.5, 0.6) is 0 Å². The maximum atomic E-state index is 12.1. The molecule has 0 fully saturated rings. The summed E-state index contributed by atoms with van der Waals surface area (Å²) in [5, 5.41) is 2.48. The Morgan fingerprint density at radius 3 is 2.40 bits per heavy atom. The zero-order valence-electron chi connectivity index (χ0n) is 15.9. The third-order valence-electron chi connectivity index (χ3n) is 3.27. The lowest BCUT2D eigenvalue weighted by Gasteiger charge is -2.27. The fourth-order valence-corrected chi connectivity index (χ4v) is 2.06. The predicted octanol–water partition coefficient (Wildman–Crippen LogP) is 1.49. The van der Waals surface area contributed by atoms with Gasteiger partial charge in [0.15, 0.2) is 5.60 Å². The van der Waals surface area contributed by atoms with Crippen molar-refractivity contribution in [1.29, 1.82) is 0 Å². The van der Waals surface area contributed by atoms with Crippen LogP contribution in [0.3, 0.4) is 0 Å². The second kappa shape index (κ2) is 11.6. The van der Waals surface area contributed by atoms with Crippen LogP contribution in [0.4, 0.5) is 4.79 Å². The number of ether oxygens (including phenoxy) is 3. The van der Waals surface area contributed by atoms with E-state index in [1.165, 1.54) is 31.3 Å². The van der Waals surface area contributed by atoms with Crippen LogP contribution < -0.4 is 5.32 Å². The van der Waals surface area contributed by atoms with Crippen LogP contribution in [-0.4, -0.2) is 68.3 Å². The Morgan fingerprint density at radius 2 is 1.92 bits per heavy atom. The number of esters is 1. The molecule has 8 heteroatoms. The summed E-state index contributed by atoms with van der Waals surface area (Å²) in [5.41, 5.74) is -1.05. The normalized spacial score (nSPS) is 12.9. The third-order valence-corrected chi connectivity index (χ3v) is 3.27. The second-order valence-corrected chi connectivity index (χ2v) is 6.15. The van der Waals surface area contributed by atoms with Crippen LogP contribution in [0.25, 0.3) is 0 Å². The number of allylic oxidation sites excluding steroid dienone is 1. The minimum atomic E-state index is -1.05. The summed E-state index contributed by atoms with van der Waals surface area (Å²) in [6.07, 6.45) is 3.11. The third kappa shape index (κ3) is 9.21. The first kappa shape index (κ1) is 23.1. The van der Waals surface area contributed by atoms with E-state index in [2.05, 4.69) is 5.32 Å². The molecule has 144 valence electrons. The Labute approximate surface area is 149 Å². The molecule has 2 amide bonds. The highest BCUT2D eigenvalue weighted by Gasteiger charge is 2.32. The molecule has 0 saturated carbocycles. The molecular weight excluding hydrogens is 328 g/mol. The fourth-order valence-electron chi connectivity index (χ4n) is 2.06. The number of nitrogens with one attached hydrogen (secondary N) is 1. The number of amides is 2. The van der Waals surface area contributed by atoms with Crippen LogP contribution in [0.1, 0.15) is 34.1 Å². The van der Waals surface area contributed by atoms with Crippen molar-refractivity contribution in [2.45, 2.75) is 51.9 Å². The summed E-state index contributed by atoms with van der Waals surface area (Å²) >= 11 is 0. The van der Waals surface area contributed by atoms with Gasteiger partial charge in [-0.1, -0.05) is 0 Å². The Bertz CT molecular complexity index is 462. The van der Waals surface area contributed by atoms with Crippen molar-refractivity contribution in [3.05, 3.63) is 12.3 Å². The molecule has 0 bridgehead atoms. The summed E-state index contributed by atoms with van der Waals surface area (Å²) in [5.74, 6) is -0.479. The zero-order chi connectivity index (χ0) is 19.5. The highest BCUT2D eigenvalue weighted by molar-refractivity contribution is 5.78. The standard InChI is InChI=1S/C17H30N2O6/c1-13(2)25-17(3,4)15(21)24-12-14(23-6)8-10-19(9-7-11-20)16(22)18-5/h7,9,11,13-14H,8,10,12H2,1-6H3,(H,18,22)/b9-7-. The van der Waals surface area contributed by atoms with E-state index in [0.717, 1.165) is 0 Å². The van der Waals surface area contributed by atoms with Crippen LogP contribution in [0, 0.1) is 0 Å². The highest BCUT2D eigenvalue weighted by atomic mass is 16.6. The van der Waals surface area contributed by atoms with E-state index in [-0.39, 0.29) is 18.7 Å². The topological polar surface area (TPSA) is 94.2 Å². The first-order valence-electron chi connectivity index (χ1n) is 8.16. The first-order chi connectivity index (χ1) is 11.7. The maximum absolute atomic E-state index is 12.1. The Morgan fingerprint density at radius 1 is 1.28 bits per heavy atom. The molecule has 0 aromatic carbocycles. The lowest BCUT2D eigenvalue weighted by atomic mass is 10.1. The molecule has 0 aliphatic carbocycles. The molecule has 0 spiro atoms. The Balaban J connectivity index is 4.59. The summed E-state index contributed by atoms with van der Waals surface area (Å²) in [7, 11) is 3.00. The summed E-state index contributed by atoms with van der Waals surface area (Å²) in [4.78, 5) is 35.6. The molecule has 0 aliphatic heterocycles. The van der Waals surface area contributed by atoms with Crippen molar-refractivity contribution >= 4 is 18.3 Å². The molecule has 0 heterocycles. The van der Waals surface area contributed by atoms with Crippen molar-refractivity contribution in [2.24, 2.45) is 0 Å². The molecule has 0 radical (unpaired) electrons. The van der Waals surface area contributed by atoms with Gasteiger partial charge in [-0.2, -0.15) is 0 Å². The van der Waals surface area contributed by atoms with Gasteiger partial charge in [0.2, 0.25) is 0 Å². The maximum Gasteiger partial charge on any atom is 0.337 e. The van der Waals surface area contributed by atoms with Gasteiger partial charge in [-0.05, 0) is 40.2 Å². The number of urea groups is 1. The molecule has 8 nitrogen and oxygen atoms in total. The number of nitrogens with zero attached hydrogens (tertiary/aromatic N) is 1. The van der Waals surface area contributed by atoms with Gasteiger partial charge < -0.3 is 24.4 Å². The second-order valence-electron chi connectivity index (χ2n) is 6.15. The predicted molar refractivity (Wildman–Crippen MR) is 93.0 cm³/mol. The van der Waals surface area contributed by atoms with E-state index >= 15 is 0 Å². The monoisotopic (exact) mass is 358 g/mol. The number of carbonyl (C=O) groups is 3. The van der Waals surface area contributed by atoms with Gasteiger partial charge in [-0.15, -0.1) is 0 Å². The molecule has 0 aromatic rings. The fraction of sp³-hybridized carbons (Fsp3) is 0.706. The molecule has 0 aromatic heterocycles. The quantitative estimate of drug-likeness (QED) is 0.342. The van der Waals surface area contributed by atoms with E-state index < -0.39 is 17.7 Å². The van der Waals surface area contributed by atoms with Crippen LogP contribution >= 0.6 is 0 Å². The van der Waals surface area contributed by atoms with E-state index in [1.54, 1.807) is 13.8 Å². The number of aldehydes is 1. The number of carbonyl (C=O) groups excluding carboxylic acids is 3. The van der Waals surface area contributed by atoms with Crippen molar-refractivity contribution in [3.63, 3.8) is 0 Å². The van der Waals surface area contributed by atoms with Gasteiger partial charge in [0.05, 0.1) is 12.2 Å². The van der Waals surface area contributed by atoms with Gasteiger partial charge in [-0.25, -0.2) is 9.59 Å². The van der Waals surface area contributed by atoms with Crippen molar-refractivity contribution in [1.82, 2.24) is 10.2 Å². The van der Waals surface area contributed by atoms with E-state index in [0.29, 0.717) is 19.3 Å². The largest absolute Gasteiger partial charge is 0.461 e. The van der Waals surface area contributed by atoms with Gasteiger partial charge in [0.1, 0.15) is 12.9 Å². The van der Waals surface area contributed by atoms with Gasteiger partial charge in [0, 0.05) is 26.9 Å². The van der Waals surface area contributed by atoms with Gasteiger partial charge >= 0.3 is 12.0 Å². The SMILES string of the molecule is CNC(=O)N(/C=C\C=O)CCC(COC(=O)C(C)(C)OC(C)C)OC. The van der Waals surface area contributed by atoms with Crippen LogP contribution in [-0.2, 0) is 23.8 Å². The number of hydrogen-bond acceptors (Lipinski definition) is 6. The summed E-state index contributed by atoms with van der Waals surface area (Å²) in [6.45, 7) is 7.31. The molecular formula is C17H30N2O6. The minimum absolute atomic E-state index is 0.0409. The molecule has 1 atom stereocenters. The summed E-state index contributed by atoms with van der Waals surface area (Å²) < 4.78 is 16.1. The van der Waals surface area contributed by atoms with Gasteiger partial charge in [-0.3, -0.25) is 4.79 Å². The number of hydrogen-bond donors (Lipinski definition) is 1.